The highest BCUT2D eigenvalue weighted by Gasteiger charge is 2.31. The summed E-state index contributed by atoms with van der Waals surface area (Å²) in [6.07, 6.45) is 0. The molecule has 1 aliphatic heterocycles. The van der Waals surface area contributed by atoms with Gasteiger partial charge < -0.3 is 0 Å². The Bertz CT molecular complexity index is 1330. The molecule has 0 radical (unpaired) electrons. The molecule has 0 saturated heterocycles. The van der Waals surface area contributed by atoms with E-state index < -0.39 is 5.69 Å². The molecule has 1 aliphatic rings. The van der Waals surface area contributed by atoms with Gasteiger partial charge in [0.15, 0.2) is 11.2 Å². The molecule has 3 heterocycles. The first-order chi connectivity index (χ1) is 14.0. The molecular weight excluding hydrogens is 427 g/mol. The Morgan fingerprint density at radius 1 is 1.10 bits per heavy atom. The molecule has 1 aromatic carbocycles. The number of benzene rings is 1. The van der Waals surface area contributed by atoms with Crippen LogP contribution < -0.4 is 16.3 Å². The number of hydrogen-bond acceptors (Lipinski definition) is 5. The van der Waals surface area contributed by atoms with Crippen molar-refractivity contribution in [3.05, 3.63) is 54.6 Å². The largest absolute Gasteiger partial charge is 0.332 e. The number of aromatic nitrogens is 4. The third-order valence-electron chi connectivity index (χ3n) is 5.31. The van der Waals surface area contributed by atoms with E-state index in [9.17, 15) is 9.59 Å². The van der Waals surface area contributed by atoms with E-state index >= 15 is 0 Å². The molecule has 3 aromatic rings. The topological polar surface area (TPSA) is 77.4 Å². The monoisotopic (exact) mass is 448 g/mol. The zero-order chi connectivity index (χ0) is 22.0. The van der Waals surface area contributed by atoms with Crippen LogP contribution in [0.4, 0.5) is 5.95 Å². The molecule has 4 rings (SSSR count). The van der Waals surface area contributed by atoms with E-state index in [0.29, 0.717) is 40.2 Å². The molecule has 30 heavy (non-hydrogen) atoms. The second kappa shape index (κ2) is 6.99. The van der Waals surface area contributed by atoms with Crippen LogP contribution in [0.2, 0.25) is 10.0 Å². The van der Waals surface area contributed by atoms with Crippen molar-refractivity contribution in [3.63, 3.8) is 0 Å². The molecule has 0 N–H and O–H groups in total. The summed E-state index contributed by atoms with van der Waals surface area (Å²) >= 11 is 12.4. The van der Waals surface area contributed by atoms with Crippen molar-refractivity contribution in [2.45, 2.75) is 33.9 Å². The van der Waals surface area contributed by atoms with Crippen LogP contribution in [0.15, 0.2) is 32.9 Å². The first kappa shape index (κ1) is 20.7. The molecule has 8 nitrogen and oxygen atoms in total. The quantitative estimate of drug-likeness (QED) is 0.602. The second-order valence-electron chi connectivity index (χ2n) is 8.47. The number of hydrogen-bond donors (Lipinski definition) is 0. The van der Waals surface area contributed by atoms with Crippen molar-refractivity contribution in [1.82, 2.24) is 18.7 Å². The molecule has 0 atom stereocenters. The minimum Gasteiger partial charge on any atom is -0.297 e. The summed E-state index contributed by atoms with van der Waals surface area (Å²) in [5, 5.41) is 7.62. The maximum atomic E-state index is 12.9. The molecule has 158 valence electrons. The van der Waals surface area contributed by atoms with Gasteiger partial charge in [0, 0.05) is 29.6 Å². The SMILES string of the molecule is Cn1c(=O)c2c(nc3n2CC(C(C)(C)C)=NN3Cc2ccc(Cl)cc2Cl)n(C)c1=O. The summed E-state index contributed by atoms with van der Waals surface area (Å²) in [7, 11) is 3.08. The third-order valence-corrected chi connectivity index (χ3v) is 5.90. The van der Waals surface area contributed by atoms with Crippen molar-refractivity contribution in [3.8, 4) is 0 Å². The molecule has 0 amide bonds. The van der Waals surface area contributed by atoms with Gasteiger partial charge in [-0.1, -0.05) is 50.0 Å². The Balaban J connectivity index is 1.96. The maximum Gasteiger partial charge on any atom is 0.332 e. The molecule has 0 fully saturated rings. The predicted octanol–water partition coefficient (Wildman–Crippen LogP) is 3.16. The predicted molar refractivity (Wildman–Crippen MR) is 120 cm³/mol. The van der Waals surface area contributed by atoms with Crippen molar-refractivity contribution < 1.29 is 0 Å². The zero-order valence-electron chi connectivity index (χ0n) is 17.4. The number of imidazole rings is 1. The van der Waals surface area contributed by atoms with Crippen LogP contribution in [0.3, 0.4) is 0 Å². The van der Waals surface area contributed by atoms with Gasteiger partial charge in [0.2, 0.25) is 5.95 Å². The normalized spacial score (nSPS) is 14.2. The molecule has 0 bridgehead atoms. The summed E-state index contributed by atoms with van der Waals surface area (Å²) in [4.78, 5) is 30.0. The number of anilines is 1. The van der Waals surface area contributed by atoms with Crippen molar-refractivity contribution in [2.24, 2.45) is 24.6 Å². The Kier molecular flexibility index (Phi) is 4.82. The fourth-order valence-electron chi connectivity index (χ4n) is 3.46. The van der Waals surface area contributed by atoms with Crippen molar-refractivity contribution >= 4 is 46.0 Å². The number of rotatable bonds is 2. The average molecular weight is 449 g/mol. The van der Waals surface area contributed by atoms with Gasteiger partial charge >= 0.3 is 5.69 Å². The molecule has 2 aromatic heterocycles. The Morgan fingerprint density at radius 3 is 2.43 bits per heavy atom. The lowest BCUT2D eigenvalue weighted by Gasteiger charge is -2.31. The Labute approximate surface area is 183 Å². The molecule has 0 saturated carbocycles. The molecule has 0 unspecified atom stereocenters. The van der Waals surface area contributed by atoms with E-state index in [1.165, 1.54) is 11.6 Å². The fraction of sp³-hybridized carbons (Fsp3) is 0.400. The minimum atomic E-state index is -0.424. The average Bonchev–Trinajstić information content (AvgIpc) is 3.06. The van der Waals surface area contributed by atoms with E-state index in [-0.39, 0.29) is 11.0 Å². The second-order valence-corrected chi connectivity index (χ2v) is 9.31. The van der Waals surface area contributed by atoms with E-state index in [1.54, 1.807) is 24.2 Å². The first-order valence-electron chi connectivity index (χ1n) is 9.44. The van der Waals surface area contributed by atoms with Gasteiger partial charge in [0.25, 0.3) is 5.56 Å². The maximum absolute atomic E-state index is 12.9. The zero-order valence-corrected chi connectivity index (χ0v) is 18.9. The number of aryl methyl sites for hydroxylation is 1. The van der Waals surface area contributed by atoms with Crippen LogP contribution in [-0.4, -0.2) is 24.4 Å². The van der Waals surface area contributed by atoms with E-state index in [1.807, 2.05) is 10.6 Å². The van der Waals surface area contributed by atoms with Crippen molar-refractivity contribution in [2.75, 3.05) is 5.01 Å². The van der Waals surface area contributed by atoms with E-state index in [2.05, 4.69) is 25.8 Å². The number of halogens is 2. The standard InChI is InChI=1S/C20H22Cl2N6O2/c1-20(2,3)14-10-27-15-16(25(4)19(30)26(5)17(15)29)23-18(27)28(24-14)9-11-6-7-12(21)8-13(11)22/h6-8H,9-10H2,1-5H3. The summed E-state index contributed by atoms with van der Waals surface area (Å²) in [5.41, 5.74) is 1.37. The smallest absolute Gasteiger partial charge is 0.297 e. The third kappa shape index (κ3) is 3.24. The summed E-state index contributed by atoms with van der Waals surface area (Å²) < 4.78 is 4.31. The highest BCUT2D eigenvalue weighted by atomic mass is 35.5. The van der Waals surface area contributed by atoms with Gasteiger partial charge in [-0.05, 0) is 17.7 Å². The van der Waals surface area contributed by atoms with E-state index in [0.717, 1.165) is 15.8 Å². The van der Waals surface area contributed by atoms with Crippen molar-refractivity contribution in [1.29, 1.82) is 0 Å². The number of hydrazone groups is 1. The van der Waals surface area contributed by atoms with Crippen LogP contribution in [0.25, 0.3) is 11.2 Å². The lowest BCUT2D eigenvalue weighted by molar-refractivity contribution is 0.549. The minimum absolute atomic E-state index is 0.234. The number of nitrogens with zero attached hydrogens (tertiary/aromatic N) is 6. The van der Waals surface area contributed by atoms with Crippen LogP contribution >= 0.6 is 23.2 Å². The van der Waals surface area contributed by atoms with Gasteiger partial charge in [0.05, 0.1) is 18.8 Å². The highest BCUT2D eigenvalue weighted by molar-refractivity contribution is 6.35. The Morgan fingerprint density at radius 2 is 1.80 bits per heavy atom. The van der Waals surface area contributed by atoms with Crippen LogP contribution in [0.1, 0.15) is 26.3 Å². The molecular formula is C20H22Cl2N6O2. The lowest BCUT2D eigenvalue weighted by Crippen LogP contribution is -2.39. The first-order valence-corrected chi connectivity index (χ1v) is 10.2. The molecule has 10 heteroatoms. The summed E-state index contributed by atoms with van der Waals surface area (Å²) in [6, 6.07) is 5.29. The van der Waals surface area contributed by atoms with Gasteiger partial charge in [-0.25, -0.2) is 9.80 Å². The molecule has 0 spiro atoms. The number of fused-ring (bicyclic) bond motifs is 3. The molecule has 0 aliphatic carbocycles. The van der Waals surface area contributed by atoms with Crippen LogP contribution in [0.5, 0.6) is 0 Å². The van der Waals surface area contributed by atoms with Gasteiger partial charge in [0.1, 0.15) is 0 Å². The van der Waals surface area contributed by atoms with Crippen LogP contribution in [-0.2, 0) is 27.2 Å². The summed E-state index contributed by atoms with van der Waals surface area (Å²) in [5.74, 6) is 0.488. The van der Waals surface area contributed by atoms with Gasteiger partial charge in [-0.15, -0.1) is 0 Å². The fourth-order valence-corrected chi connectivity index (χ4v) is 3.93. The summed E-state index contributed by atoms with van der Waals surface area (Å²) in [6.45, 7) is 6.95. The Hall–Kier alpha value is -2.58. The lowest BCUT2D eigenvalue weighted by atomic mass is 9.89. The van der Waals surface area contributed by atoms with Crippen LogP contribution in [0, 0.1) is 5.41 Å². The van der Waals surface area contributed by atoms with Gasteiger partial charge in [-0.2, -0.15) is 10.1 Å². The highest BCUT2D eigenvalue weighted by Crippen LogP contribution is 2.31. The van der Waals surface area contributed by atoms with Gasteiger partial charge in [-0.3, -0.25) is 18.5 Å². The van der Waals surface area contributed by atoms with E-state index in [4.69, 9.17) is 28.3 Å².